The molecule has 0 bridgehead atoms. The highest BCUT2D eigenvalue weighted by Gasteiger charge is 2.68. The van der Waals surface area contributed by atoms with Gasteiger partial charge >= 0.3 is 5.69 Å². The minimum atomic E-state index is -4.45. The van der Waals surface area contributed by atoms with Gasteiger partial charge in [-0.1, -0.05) is 47.6 Å². The quantitative estimate of drug-likeness (QED) is 0.314. The Morgan fingerprint density at radius 2 is 1.65 bits per heavy atom. The second-order valence-electron chi connectivity index (χ2n) is 14.4. The zero-order valence-corrected chi connectivity index (χ0v) is 30.3. The number of aliphatic hydroxyl groups excluding tert-OH is 1. The monoisotopic (exact) mass is 659 g/mol. The molecule has 2 aliphatic heterocycles. The first-order chi connectivity index (χ1) is 19.4. The molecule has 3 N–H and O–H groups in total. The normalized spacial score (nSPS) is 26.8. The van der Waals surface area contributed by atoms with E-state index in [2.05, 4.69) is 33.9 Å². The number of hydrogen-bond acceptors (Lipinski definition) is 10. The Kier molecular flexibility index (Phi) is 9.52. The molecule has 4 atom stereocenters. The van der Waals surface area contributed by atoms with Crippen molar-refractivity contribution in [2.24, 2.45) is 12.8 Å². The molecule has 0 amide bonds. The summed E-state index contributed by atoms with van der Waals surface area (Å²) in [5, 5.41) is 8.90. The van der Waals surface area contributed by atoms with Gasteiger partial charge in [0.25, 0.3) is 15.7 Å². The Balaban J connectivity index is 2.39. The van der Waals surface area contributed by atoms with Gasteiger partial charge in [0.15, 0.2) is 28.5 Å². The molecule has 244 valence electrons. The molecule has 2 aliphatic rings. The van der Waals surface area contributed by atoms with Gasteiger partial charge in [0.1, 0.15) is 17.1 Å². The first kappa shape index (κ1) is 35.6. The van der Waals surface area contributed by atoms with Crippen LogP contribution in [-0.2, 0) is 34.9 Å². The lowest BCUT2D eigenvalue weighted by Gasteiger charge is -2.43. The summed E-state index contributed by atoms with van der Waals surface area (Å²) < 4.78 is 55.4. The van der Waals surface area contributed by atoms with Crippen molar-refractivity contribution in [3.63, 3.8) is 0 Å². The van der Waals surface area contributed by atoms with Crippen molar-refractivity contribution >= 4 is 26.8 Å². The molecule has 15 heteroatoms. The van der Waals surface area contributed by atoms with Gasteiger partial charge in [0, 0.05) is 18.8 Å². The number of hydrogen-bond donors (Lipinski definition) is 2. The summed E-state index contributed by atoms with van der Waals surface area (Å²) in [6.45, 7) is 21.4. The third kappa shape index (κ3) is 6.19. The zero-order chi connectivity index (χ0) is 33.1. The van der Waals surface area contributed by atoms with Crippen LogP contribution in [0.25, 0.3) is 0 Å². The number of aliphatic hydroxyl groups is 1. The summed E-state index contributed by atoms with van der Waals surface area (Å²) in [6, 6.07) is 0. The second-order valence-corrected chi connectivity index (χ2v) is 25.5. The molecule has 0 radical (unpaired) electrons. The smallest absolute Gasteiger partial charge is 0.332 e. The second kappa shape index (κ2) is 11.5. The number of nitrogens with two attached hydrogens (primary N) is 1. The van der Waals surface area contributed by atoms with Crippen molar-refractivity contribution in [2.75, 3.05) is 13.2 Å². The van der Waals surface area contributed by atoms with E-state index in [-0.39, 0.29) is 32.8 Å². The van der Waals surface area contributed by atoms with Gasteiger partial charge in [0.05, 0.1) is 18.9 Å². The summed E-state index contributed by atoms with van der Waals surface area (Å²) in [7, 11) is -8.24. The van der Waals surface area contributed by atoms with E-state index in [4.69, 9.17) is 23.5 Å². The lowest BCUT2D eigenvalue weighted by Crippen LogP contribution is -2.59. The van der Waals surface area contributed by atoms with Gasteiger partial charge in [-0.2, -0.15) is 8.42 Å². The average Bonchev–Trinajstić information content (AvgIpc) is 3.25. The number of nitrogens with zero attached hydrogens (tertiary/aromatic N) is 2. The Bertz CT molecular complexity index is 1530. The third-order valence-electron chi connectivity index (χ3n) is 9.43. The molecule has 3 heterocycles. The van der Waals surface area contributed by atoms with Gasteiger partial charge in [-0.25, -0.2) is 8.98 Å². The van der Waals surface area contributed by atoms with E-state index in [0.29, 0.717) is 0 Å². The molecule has 12 nitrogen and oxygen atoms in total. The van der Waals surface area contributed by atoms with E-state index in [0.717, 1.165) is 4.57 Å². The highest BCUT2D eigenvalue weighted by atomic mass is 32.2. The topological polar surface area (TPSA) is 161 Å². The average molecular weight is 660 g/mol. The fourth-order valence-corrected chi connectivity index (χ4v) is 8.35. The Hall–Kier alpha value is -1.86. The third-order valence-corrected chi connectivity index (χ3v) is 19.8. The van der Waals surface area contributed by atoms with Crippen molar-refractivity contribution in [3.8, 4) is 0 Å². The zero-order valence-electron chi connectivity index (χ0n) is 27.5. The first-order valence-corrected chi connectivity index (χ1v) is 21.6. The molecule has 0 aliphatic carbocycles. The van der Waals surface area contributed by atoms with E-state index in [9.17, 15) is 23.1 Å². The highest BCUT2D eigenvalue weighted by Crippen LogP contribution is 2.53. The van der Waals surface area contributed by atoms with Crippen LogP contribution in [0.4, 0.5) is 0 Å². The maximum atomic E-state index is 13.6. The predicted molar refractivity (Wildman–Crippen MR) is 170 cm³/mol. The van der Waals surface area contributed by atoms with Crippen LogP contribution >= 0.6 is 0 Å². The maximum absolute atomic E-state index is 13.6. The lowest BCUT2D eigenvalue weighted by molar-refractivity contribution is -0.0566. The van der Waals surface area contributed by atoms with Crippen molar-refractivity contribution in [1.29, 1.82) is 0 Å². The van der Waals surface area contributed by atoms with Gasteiger partial charge in [0.2, 0.25) is 0 Å². The molecular formula is C28H49N3O9SSi2. The number of aryl methyl sites for hydroxylation is 1. The summed E-state index contributed by atoms with van der Waals surface area (Å²) in [5.41, 5.74) is 3.80. The molecule has 4 unspecified atom stereocenters. The van der Waals surface area contributed by atoms with E-state index in [1.165, 1.54) is 30.0 Å². The predicted octanol–water partition coefficient (Wildman–Crippen LogP) is 2.98. The highest BCUT2D eigenvalue weighted by molar-refractivity contribution is 7.91. The van der Waals surface area contributed by atoms with Crippen molar-refractivity contribution in [3.05, 3.63) is 55.4 Å². The summed E-state index contributed by atoms with van der Waals surface area (Å²) in [5.74, 6) is 0. The number of aromatic nitrogens is 2. The van der Waals surface area contributed by atoms with Crippen molar-refractivity contribution in [2.45, 2.75) is 109 Å². The van der Waals surface area contributed by atoms with Crippen LogP contribution < -0.4 is 17.0 Å². The van der Waals surface area contributed by atoms with Crippen molar-refractivity contribution in [1.82, 2.24) is 9.13 Å². The fourth-order valence-electron chi connectivity index (χ4n) is 4.64. The molecule has 1 saturated heterocycles. The van der Waals surface area contributed by atoms with Crippen LogP contribution in [0.15, 0.2) is 38.5 Å². The molecular weight excluding hydrogens is 611 g/mol. The van der Waals surface area contributed by atoms with Crippen LogP contribution in [0.1, 0.15) is 53.3 Å². The standard InChI is InChI=1S/C28H49N3O9SSi2/c1-18-16-31(25(34)30(8)23(18)33)24-22(39-43(11,12)27(5,6)7)28(20(38-24)17-37-42(9,10)26(2,3)4)21(29)19(14-13-15-32)41(35,36)40-28/h13-14,16,20,22,24,32H,15,17,29H2,1-12H3/b14-13+. The Morgan fingerprint density at radius 3 is 2.16 bits per heavy atom. The fraction of sp³-hybridized carbons (Fsp3) is 0.714. The molecule has 43 heavy (non-hydrogen) atoms. The largest absolute Gasteiger partial charge is 0.414 e. The minimum absolute atomic E-state index is 0.100. The molecule has 0 saturated carbocycles. The Labute approximate surface area is 256 Å². The van der Waals surface area contributed by atoms with Crippen LogP contribution in [0.3, 0.4) is 0 Å². The van der Waals surface area contributed by atoms with Crippen LogP contribution in [0.2, 0.25) is 36.3 Å². The molecule has 1 aromatic rings. The van der Waals surface area contributed by atoms with E-state index < -0.39 is 68.6 Å². The summed E-state index contributed by atoms with van der Waals surface area (Å²) in [4.78, 5) is 25.8. The van der Waals surface area contributed by atoms with E-state index in [1.807, 2.05) is 33.9 Å². The van der Waals surface area contributed by atoms with E-state index in [1.54, 1.807) is 6.92 Å². The van der Waals surface area contributed by atoms with Crippen molar-refractivity contribution < 1.29 is 31.3 Å². The van der Waals surface area contributed by atoms with Gasteiger partial charge in [-0.15, -0.1) is 0 Å². The lowest BCUT2D eigenvalue weighted by atomic mass is 9.88. The maximum Gasteiger partial charge on any atom is 0.332 e. The molecule has 1 spiro atoms. The molecule has 0 aromatic carbocycles. The molecule has 3 rings (SSSR count). The number of rotatable bonds is 8. The van der Waals surface area contributed by atoms with Gasteiger partial charge < -0.3 is 24.4 Å². The summed E-state index contributed by atoms with van der Waals surface area (Å²) in [6.07, 6.45) is 0.255. The molecule has 1 aromatic heterocycles. The summed E-state index contributed by atoms with van der Waals surface area (Å²) >= 11 is 0. The molecule has 1 fully saturated rings. The van der Waals surface area contributed by atoms with Crippen LogP contribution in [-0.4, -0.2) is 70.3 Å². The van der Waals surface area contributed by atoms with Crippen LogP contribution in [0.5, 0.6) is 0 Å². The number of ether oxygens (including phenoxy) is 1. The van der Waals surface area contributed by atoms with Gasteiger partial charge in [-0.3, -0.25) is 13.9 Å². The SMILES string of the molecule is Cc1cn(C2OC(CO[Si](C)(C)C(C)(C)C)C3(OS(=O)(=O)C(/C=C/CO)=C3N)C2O[Si](C)(C)C(C)(C)C)c(=O)n(C)c1=O. The minimum Gasteiger partial charge on any atom is -0.414 e. The van der Waals surface area contributed by atoms with E-state index >= 15 is 0 Å². The number of allylic oxidation sites excluding steroid dienone is 1. The van der Waals surface area contributed by atoms with Crippen LogP contribution in [0, 0.1) is 6.92 Å². The Morgan fingerprint density at radius 1 is 1.09 bits per heavy atom. The first-order valence-electron chi connectivity index (χ1n) is 14.3. The van der Waals surface area contributed by atoms with Gasteiger partial charge in [-0.05, 0) is 49.3 Å².